The fraction of sp³-hybridized carbons (Fsp3) is 0.600. The molecule has 6 aliphatic rings. The van der Waals surface area contributed by atoms with Crippen LogP contribution < -0.4 is 48.9 Å². The number of ether oxygens (including phenoxy) is 6. The second-order valence-corrected chi connectivity index (χ2v) is 27.9. The number of nitrogens with two attached hydrogens (primary N) is 2. The lowest BCUT2D eigenvalue weighted by Gasteiger charge is -2.59. The van der Waals surface area contributed by atoms with Gasteiger partial charge in [0.05, 0.1) is 42.8 Å². The number of carbonyl (C=O) groups is 12. The van der Waals surface area contributed by atoms with Gasteiger partial charge in [0.15, 0.2) is 17.0 Å². The van der Waals surface area contributed by atoms with E-state index in [1.54, 1.807) is 0 Å². The van der Waals surface area contributed by atoms with E-state index in [-0.39, 0.29) is 60.4 Å². The number of esters is 2. The van der Waals surface area contributed by atoms with E-state index in [2.05, 4.69) is 51.8 Å². The summed E-state index contributed by atoms with van der Waals surface area (Å²) in [5, 5.41) is 43.3. The minimum atomic E-state index is -1.97. The van der Waals surface area contributed by atoms with Crippen molar-refractivity contribution in [2.45, 2.75) is 196 Å². The third-order valence-electron chi connectivity index (χ3n) is 19.8. The largest absolute Gasteiger partial charge is 0.481 e. The summed E-state index contributed by atoms with van der Waals surface area (Å²) in [4.78, 5) is 184. The molecule has 1 aromatic carbocycles. The van der Waals surface area contributed by atoms with Crippen molar-refractivity contribution in [3.05, 3.63) is 63.7 Å². The Bertz CT molecular complexity index is 3830. The smallest absolute Gasteiger partial charge is 0.327 e. The molecular formula is C65H85N13O22S. The molecule has 3 aliphatic carbocycles. The predicted molar refractivity (Wildman–Crippen MR) is 353 cm³/mol. The van der Waals surface area contributed by atoms with E-state index in [1.165, 1.54) is 44.5 Å². The molecule has 3 saturated heterocycles. The SMILES string of the molecule is CC[C@]12C[C@H](OC(=O)CC(C)C)C(C)=C[C@H]1O[C@@H]1[C@H](OC3(OC)CCC(NC(=O)CN4C(=O)CC(SC[C@@H](NC(=O)[C@@H](CC(=O)O)NC(=O)[C@H](CN)NC(=O)CC[C@@H](NC(=O)c5ccc(NCc6cnc7nc(N)[nH]c(=O)c7n6)cc5)C(=O)O)C(=O)O)C4=O)CC3)[C@@H](OC(C)=O)[C@@]2(C)[C@]12CO2. The lowest BCUT2D eigenvalue weighted by atomic mass is 9.49. The molecule has 9 rings (SSSR count). The maximum atomic E-state index is 13.7. The van der Waals surface area contributed by atoms with E-state index >= 15 is 0 Å². The van der Waals surface area contributed by atoms with Gasteiger partial charge in [-0.25, -0.2) is 19.6 Å². The average molecular weight is 1430 g/mol. The van der Waals surface area contributed by atoms with Gasteiger partial charge in [-0.05, 0) is 74.8 Å². The summed E-state index contributed by atoms with van der Waals surface area (Å²) in [6.45, 7) is 10.3. The van der Waals surface area contributed by atoms with Crippen molar-refractivity contribution in [3.63, 3.8) is 0 Å². The number of nitrogens with zero attached hydrogens (tertiary/aromatic N) is 4. The zero-order valence-electron chi connectivity index (χ0n) is 56.7. The highest BCUT2D eigenvalue weighted by Crippen LogP contribution is 2.74. The van der Waals surface area contributed by atoms with Crippen LogP contribution in [0.5, 0.6) is 0 Å². The van der Waals surface area contributed by atoms with Crippen molar-refractivity contribution < 1.29 is 101 Å². The number of fused-ring (bicyclic) bond motifs is 3. The number of likely N-dealkylation sites (tertiary alicyclic amines) is 1. The van der Waals surface area contributed by atoms with E-state index in [9.17, 15) is 77.6 Å². The summed E-state index contributed by atoms with van der Waals surface area (Å²) in [7, 11) is 1.49. The van der Waals surface area contributed by atoms with Crippen LogP contribution >= 0.6 is 11.8 Å². The van der Waals surface area contributed by atoms with Gasteiger partial charge in [0, 0.05) is 86.6 Å². The third kappa shape index (κ3) is 16.6. The zero-order chi connectivity index (χ0) is 73.6. The molecule has 2 saturated carbocycles. The van der Waals surface area contributed by atoms with E-state index < -0.39 is 204 Å². The minimum Gasteiger partial charge on any atom is -0.481 e. The molecule has 1 unspecified atom stereocenters. The van der Waals surface area contributed by atoms with Crippen molar-refractivity contribution >= 4 is 106 Å². The molecule has 13 atom stereocenters. The molecule has 35 nitrogen and oxygen atoms in total. The first kappa shape index (κ1) is 76.0. The fourth-order valence-corrected chi connectivity index (χ4v) is 15.5. The van der Waals surface area contributed by atoms with Crippen LogP contribution in [0.15, 0.2) is 46.9 Å². The third-order valence-corrected chi connectivity index (χ3v) is 21.1. The van der Waals surface area contributed by atoms with Crippen molar-refractivity contribution in [2.75, 3.05) is 43.6 Å². The first-order valence-corrected chi connectivity index (χ1v) is 34.1. The molecule has 548 valence electrons. The number of carbonyl (C=O) groups excluding carboxylic acids is 9. The molecule has 14 N–H and O–H groups in total. The van der Waals surface area contributed by atoms with Gasteiger partial charge in [0.25, 0.3) is 11.5 Å². The summed E-state index contributed by atoms with van der Waals surface area (Å²) in [6.07, 6.45) is -0.490. The van der Waals surface area contributed by atoms with Crippen LogP contribution in [-0.2, 0) is 87.7 Å². The molecule has 3 aliphatic heterocycles. The van der Waals surface area contributed by atoms with Crippen molar-refractivity contribution in [3.8, 4) is 0 Å². The number of rotatable bonds is 32. The number of aliphatic carboxylic acids is 3. The number of imide groups is 1. The van der Waals surface area contributed by atoms with Crippen LogP contribution in [0.1, 0.15) is 128 Å². The molecule has 36 heteroatoms. The quantitative estimate of drug-likeness (QED) is 0.0125. The topological polar surface area (TPSA) is 523 Å². The number of H-pyrrole nitrogens is 1. The van der Waals surface area contributed by atoms with Crippen LogP contribution in [0.4, 0.5) is 11.6 Å². The van der Waals surface area contributed by atoms with Gasteiger partial charge in [-0.1, -0.05) is 33.8 Å². The molecule has 3 aromatic rings. The van der Waals surface area contributed by atoms with Gasteiger partial charge in [-0.3, -0.25) is 62.6 Å². The Kier molecular flexibility index (Phi) is 23.6. The lowest BCUT2D eigenvalue weighted by molar-refractivity contribution is -0.288. The predicted octanol–water partition coefficient (Wildman–Crippen LogP) is -0.317. The highest BCUT2D eigenvalue weighted by molar-refractivity contribution is 8.00. The van der Waals surface area contributed by atoms with Gasteiger partial charge >= 0.3 is 29.8 Å². The summed E-state index contributed by atoms with van der Waals surface area (Å²) in [6, 6.07) is -1.74. The monoisotopic (exact) mass is 1430 g/mol. The number of amides is 7. The number of hydrogen-bond donors (Lipinski definition) is 12. The average Bonchev–Trinajstić information content (AvgIpc) is 1.47. The van der Waals surface area contributed by atoms with Crippen LogP contribution in [0.2, 0.25) is 0 Å². The number of hydrogen-bond acceptors (Lipinski definition) is 26. The van der Waals surface area contributed by atoms with E-state index in [0.29, 0.717) is 55.4 Å². The standard InChI is InChI=1S/C65H85N13O22S/c1-8-63-23-41(98-48(85)19-30(2)3)31(4)20-43(63)99-52-50(51(97-32(5)79)62(63,6)65(52)29-96-65)100-64(95-7)17-15-35(16-18-64)70-45(81)27-78-46(82)22-42(58(78)90)101-28-40(60(93)94)75-55(87)38(21-47(83)84)74-56(88)39(24-66)72-44(80)14-13-37(59(91)92)73-54(86)33-9-11-34(12-10-33)68-25-36-26-69-53-49(71-36)57(89)77-61(67)76-53/h9-12,20,26,30,35,37-43,50-52,68H,8,13-19,21-25,27-29,66H2,1-7H3,(H,70,81)(H,72,80)(H,73,86)(H,74,88)(H,75,87)(H,83,84)(H,91,92)(H,93,94)(H3,67,69,76,77,89)/t35?,37-,38-,39+,40-,41+,42?,43-,50-,51-,52-,62-,63+,64?,65+/m1/s1. The van der Waals surface area contributed by atoms with E-state index in [4.69, 9.17) is 39.9 Å². The molecule has 5 fully saturated rings. The second kappa shape index (κ2) is 31.3. The fourth-order valence-electron chi connectivity index (χ4n) is 14.3. The maximum absolute atomic E-state index is 13.7. The van der Waals surface area contributed by atoms with Gasteiger partial charge in [-0.2, -0.15) is 4.98 Å². The molecule has 2 bridgehead atoms. The maximum Gasteiger partial charge on any atom is 0.327 e. The summed E-state index contributed by atoms with van der Waals surface area (Å²) in [5.41, 5.74) is 9.98. The number of anilines is 2. The zero-order valence-corrected chi connectivity index (χ0v) is 57.5. The highest BCUT2D eigenvalue weighted by atomic mass is 32.2. The van der Waals surface area contributed by atoms with Crippen LogP contribution in [0, 0.1) is 16.7 Å². The number of aromatic amines is 1. The second-order valence-electron chi connectivity index (χ2n) is 26.7. The van der Waals surface area contributed by atoms with Crippen molar-refractivity contribution in [1.29, 1.82) is 0 Å². The first-order chi connectivity index (χ1) is 47.8. The molecule has 2 aromatic heterocycles. The van der Waals surface area contributed by atoms with Crippen molar-refractivity contribution in [1.82, 2.24) is 51.4 Å². The van der Waals surface area contributed by atoms with Crippen LogP contribution in [-0.4, -0.2) is 221 Å². The van der Waals surface area contributed by atoms with Crippen LogP contribution in [0.25, 0.3) is 11.2 Å². The molecular weight excluding hydrogens is 1350 g/mol. The van der Waals surface area contributed by atoms with E-state index in [0.717, 1.165) is 10.5 Å². The van der Waals surface area contributed by atoms with Gasteiger partial charge in [0.2, 0.25) is 41.4 Å². The first-order valence-electron chi connectivity index (χ1n) is 33.1. The highest BCUT2D eigenvalue weighted by Gasteiger charge is 2.86. The number of thioether (sulfide) groups is 1. The Morgan fingerprint density at radius 1 is 0.881 bits per heavy atom. The number of methoxy groups -OCH3 is 1. The number of carboxylic acid groups (broad SMARTS) is 3. The summed E-state index contributed by atoms with van der Waals surface area (Å²) in [5.74, 6) is -14.0. The normalized spacial score (nSPS) is 27.6. The molecule has 1 spiro atoms. The summed E-state index contributed by atoms with van der Waals surface area (Å²) < 4.78 is 39.0. The number of carboxylic acids is 3. The van der Waals surface area contributed by atoms with Crippen LogP contribution in [0.3, 0.4) is 0 Å². The van der Waals surface area contributed by atoms with Gasteiger partial charge in [0.1, 0.15) is 60.7 Å². The molecule has 101 heavy (non-hydrogen) atoms. The number of epoxide rings is 1. The number of nitrogen functional groups attached to an aromatic ring is 1. The number of aromatic nitrogens is 4. The number of nitrogens with one attached hydrogen (secondary N) is 7. The Balaban J connectivity index is 0.728. The van der Waals surface area contributed by atoms with E-state index in [1.807, 2.05) is 40.7 Å². The lowest BCUT2D eigenvalue weighted by Crippen LogP contribution is -2.66. The molecule has 5 heterocycles. The molecule has 0 radical (unpaired) electrons. The Morgan fingerprint density at radius 3 is 2.17 bits per heavy atom. The Morgan fingerprint density at radius 2 is 1.55 bits per heavy atom. The summed E-state index contributed by atoms with van der Waals surface area (Å²) >= 11 is 0.669. The van der Waals surface area contributed by atoms with Gasteiger partial charge in [-0.15, -0.1) is 11.8 Å². The number of benzene rings is 1. The Hall–Kier alpha value is -9.23. The van der Waals surface area contributed by atoms with Crippen molar-refractivity contribution in [2.24, 2.45) is 22.5 Å². The van der Waals surface area contributed by atoms with Gasteiger partial charge < -0.3 is 87.1 Å². The molecule has 7 amide bonds. The minimum absolute atomic E-state index is 0.0260. The Labute approximate surface area is 582 Å².